The van der Waals surface area contributed by atoms with Crippen LogP contribution in [0, 0.1) is 6.92 Å². The minimum atomic E-state index is -0.116. The number of carbonyl (C=O) groups excluding carboxylic acids is 1. The van der Waals surface area contributed by atoms with E-state index in [0.29, 0.717) is 12.6 Å². The number of rotatable bonds is 3. The second kappa shape index (κ2) is 9.85. The van der Waals surface area contributed by atoms with Crippen LogP contribution >= 0.6 is 11.6 Å². The van der Waals surface area contributed by atoms with Gasteiger partial charge in [-0.2, -0.15) is 0 Å². The summed E-state index contributed by atoms with van der Waals surface area (Å²) in [6.45, 7) is 6.89. The third-order valence-electron chi connectivity index (χ3n) is 8.54. The SMILES string of the molecule is Cc1cccc(-c2cccc3c(NC(=O)N4CCc5cc(Cl)c(N6CCN7CCCC7C6)cc54)cccc23)n1. The minimum absolute atomic E-state index is 0.116. The summed E-state index contributed by atoms with van der Waals surface area (Å²) in [4.78, 5) is 25.3. The summed E-state index contributed by atoms with van der Waals surface area (Å²) in [7, 11) is 0. The van der Waals surface area contributed by atoms with Gasteiger partial charge in [-0.3, -0.25) is 14.8 Å². The standard InChI is InChI=1S/C32H32ClN5O/c1-21-6-2-11-28(34-21)25-9-3-10-26-24(25)8-4-12-29(26)35-32(39)38-15-13-22-18-27(33)31(19-30(22)38)37-17-16-36-14-5-7-23(36)20-37/h2-4,6,8-12,18-19,23H,5,7,13-17,20H2,1H3,(H,35,39). The molecule has 7 heteroatoms. The van der Waals surface area contributed by atoms with Gasteiger partial charge in [-0.05, 0) is 74.0 Å². The zero-order valence-electron chi connectivity index (χ0n) is 22.2. The number of aromatic nitrogens is 1. The van der Waals surface area contributed by atoms with Gasteiger partial charge in [-0.25, -0.2) is 4.79 Å². The maximum Gasteiger partial charge on any atom is 0.326 e. The van der Waals surface area contributed by atoms with Crippen LogP contribution in [0.15, 0.2) is 66.7 Å². The number of hydrogen-bond acceptors (Lipinski definition) is 4. The van der Waals surface area contributed by atoms with Crippen molar-refractivity contribution in [2.45, 2.75) is 32.2 Å². The van der Waals surface area contributed by atoms with E-state index in [1.165, 1.54) is 19.4 Å². The smallest absolute Gasteiger partial charge is 0.326 e. The lowest BCUT2D eigenvalue weighted by molar-refractivity contribution is 0.231. The molecule has 0 aliphatic carbocycles. The molecule has 7 rings (SSSR count). The minimum Gasteiger partial charge on any atom is -0.367 e. The van der Waals surface area contributed by atoms with E-state index in [4.69, 9.17) is 16.6 Å². The van der Waals surface area contributed by atoms with Gasteiger partial charge in [0, 0.05) is 48.9 Å². The molecule has 2 saturated heterocycles. The lowest BCUT2D eigenvalue weighted by Gasteiger charge is -2.39. The third-order valence-corrected chi connectivity index (χ3v) is 8.85. The summed E-state index contributed by atoms with van der Waals surface area (Å²) in [6.07, 6.45) is 3.33. The number of aryl methyl sites for hydroxylation is 1. The Morgan fingerprint density at radius 2 is 1.79 bits per heavy atom. The Hall–Kier alpha value is -3.61. The number of pyridine rings is 1. The highest BCUT2D eigenvalue weighted by Crippen LogP contribution is 2.40. The molecule has 0 radical (unpaired) electrons. The van der Waals surface area contributed by atoms with Gasteiger partial charge in [-0.1, -0.05) is 48.0 Å². The van der Waals surface area contributed by atoms with Crippen LogP contribution in [0.5, 0.6) is 0 Å². The van der Waals surface area contributed by atoms with E-state index < -0.39 is 0 Å². The van der Waals surface area contributed by atoms with Crippen molar-refractivity contribution in [2.75, 3.05) is 47.8 Å². The number of amides is 2. The summed E-state index contributed by atoms with van der Waals surface area (Å²) in [5.74, 6) is 0. The molecule has 3 aliphatic rings. The molecule has 39 heavy (non-hydrogen) atoms. The second-order valence-corrected chi connectivity index (χ2v) is 11.3. The van der Waals surface area contributed by atoms with E-state index in [2.05, 4.69) is 45.4 Å². The zero-order valence-corrected chi connectivity index (χ0v) is 22.9. The monoisotopic (exact) mass is 537 g/mol. The van der Waals surface area contributed by atoms with Gasteiger partial charge >= 0.3 is 6.03 Å². The van der Waals surface area contributed by atoms with E-state index in [0.717, 1.165) is 81.4 Å². The maximum absolute atomic E-state index is 13.7. The molecule has 1 aromatic heterocycles. The van der Waals surface area contributed by atoms with Crippen molar-refractivity contribution in [3.05, 3.63) is 83.0 Å². The third kappa shape index (κ3) is 4.42. The van der Waals surface area contributed by atoms with E-state index >= 15 is 0 Å². The van der Waals surface area contributed by atoms with Gasteiger partial charge in [0.25, 0.3) is 0 Å². The maximum atomic E-state index is 13.7. The Labute approximate surface area is 234 Å². The summed E-state index contributed by atoms with van der Waals surface area (Å²) >= 11 is 6.80. The van der Waals surface area contributed by atoms with Gasteiger partial charge < -0.3 is 10.2 Å². The Bertz CT molecular complexity index is 1590. The number of halogens is 1. The van der Waals surface area contributed by atoms with Crippen molar-refractivity contribution >= 4 is 45.5 Å². The summed E-state index contributed by atoms with van der Waals surface area (Å²) in [5.41, 5.74) is 6.90. The molecule has 3 aliphatic heterocycles. The van der Waals surface area contributed by atoms with Gasteiger partial charge in [0.15, 0.2) is 0 Å². The van der Waals surface area contributed by atoms with Crippen LogP contribution in [0.1, 0.15) is 24.1 Å². The molecule has 4 aromatic rings. The van der Waals surface area contributed by atoms with Gasteiger partial charge in [0.2, 0.25) is 0 Å². The summed E-state index contributed by atoms with van der Waals surface area (Å²) in [5, 5.41) is 6.06. The fourth-order valence-corrected chi connectivity index (χ4v) is 6.88. The van der Waals surface area contributed by atoms with Crippen molar-refractivity contribution in [2.24, 2.45) is 0 Å². The second-order valence-electron chi connectivity index (χ2n) is 10.9. The molecule has 6 nitrogen and oxygen atoms in total. The molecule has 1 atom stereocenters. The lowest BCUT2D eigenvalue weighted by Crippen LogP contribution is -2.50. The highest BCUT2D eigenvalue weighted by atomic mass is 35.5. The van der Waals surface area contributed by atoms with Crippen LogP contribution in [0.4, 0.5) is 21.9 Å². The topological polar surface area (TPSA) is 51.7 Å². The van der Waals surface area contributed by atoms with E-state index in [9.17, 15) is 4.79 Å². The molecular weight excluding hydrogens is 506 g/mol. The fourth-order valence-electron chi connectivity index (χ4n) is 6.58. The molecule has 0 saturated carbocycles. The number of hydrogen-bond donors (Lipinski definition) is 1. The number of anilines is 3. The van der Waals surface area contributed by atoms with Gasteiger partial charge in [-0.15, -0.1) is 0 Å². The highest BCUT2D eigenvalue weighted by molar-refractivity contribution is 6.33. The van der Waals surface area contributed by atoms with Crippen LogP contribution in [0.2, 0.25) is 5.02 Å². The fraction of sp³-hybridized carbons (Fsp3) is 0.312. The van der Waals surface area contributed by atoms with Crippen molar-refractivity contribution in [1.82, 2.24) is 9.88 Å². The number of piperazine rings is 1. The number of fused-ring (bicyclic) bond motifs is 3. The number of urea groups is 1. The zero-order chi connectivity index (χ0) is 26.5. The molecule has 0 bridgehead atoms. The number of nitrogens with one attached hydrogen (secondary N) is 1. The largest absolute Gasteiger partial charge is 0.367 e. The highest BCUT2D eigenvalue weighted by Gasteiger charge is 2.33. The first kappa shape index (κ1) is 24.4. The predicted molar refractivity (Wildman–Crippen MR) is 160 cm³/mol. The Morgan fingerprint density at radius 1 is 0.949 bits per heavy atom. The van der Waals surface area contributed by atoms with Gasteiger partial charge in [0.05, 0.1) is 27.8 Å². The first-order valence-electron chi connectivity index (χ1n) is 13.9. The first-order chi connectivity index (χ1) is 19.0. The van der Waals surface area contributed by atoms with Crippen LogP contribution in [-0.4, -0.2) is 54.7 Å². The van der Waals surface area contributed by atoms with Crippen LogP contribution < -0.4 is 15.1 Å². The molecule has 0 spiro atoms. The van der Waals surface area contributed by atoms with Crippen molar-refractivity contribution in [3.8, 4) is 11.3 Å². The normalized spacial score (nSPS) is 18.9. The van der Waals surface area contributed by atoms with E-state index in [1.807, 2.05) is 48.2 Å². The van der Waals surface area contributed by atoms with Crippen LogP contribution in [0.3, 0.4) is 0 Å². The average molecular weight is 538 g/mol. The quantitative estimate of drug-likeness (QED) is 0.314. The van der Waals surface area contributed by atoms with Crippen LogP contribution in [0.25, 0.3) is 22.0 Å². The first-order valence-corrected chi connectivity index (χ1v) is 14.3. The predicted octanol–water partition coefficient (Wildman–Crippen LogP) is 6.74. The number of benzene rings is 3. The number of nitrogens with zero attached hydrogens (tertiary/aromatic N) is 4. The summed E-state index contributed by atoms with van der Waals surface area (Å²) in [6, 6.07) is 23.0. The lowest BCUT2D eigenvalue weighted by atomic mass is 10.0. The molecule has 198 valence electrons. The molecule has 2 amide bonds. The molecule has 1 unspecified atom stereocenters. The summed E-state index contributed by atoms with van der Waals surface area (Å²) < 4.78 is 0. The van der Waals surface area contributed by atoms with E-state index in [-0.39, 0.29) is 6.03 Å². The van der Waals surface area contributed by atoms with Crippen LogP contribution in [-0.2, 0) is 6.42 Å². The molecule has 2 fully saturated rings. The number of carbonyl (C=O) groups is 1. The Morgan fingerprint density at radius 3 is 2.69 bits per heavy atom. The van der Waals surface area contributed by atoms with Crippen molar-refractivity contribution in [3.63, 3.8) is 0 Å². The Balaban J connectivity index is 1.17. The molecular formula is C32H32ClN5O. The molecule has 4 heterocycles. The van der Waals surface area contributed by atoms with Crippen molar-refractivity contribution < 1.29 is 4.79 Å². The van der Waals surface area contributed by atoms with Gasteiger partial charge in [0.1, 0.15) is 0 Å². The van der Waals surface area contributed by atoms with Crippen molar-refractivity contribution in [1.29, 1.82) is 0 Å². The average Bonchev–Trinajstić information content (AvgIpc) is 3.59. The Kier molecular flexibility index (Phi) is 6.17. The molecule has 3 aromatic carbocycles. The van der Waals surface area contributed by atoms with E-state index in [1.54, 1.807) is 0 Å². The molecule has 1 N–H and O–H groups in total.